The van der Waals surface area contributed by atoms with Gasteiger partial charge in [-0.3, -0.25) is 9.89 Å². The molecule has 20 heavy (non-hydrogen) atoms. The van der Waals surface area contributed by atoms with Crippen LogP contribution in [0, 0.1) is 11.3 Å². The summed E-state index contributed by atoms with van der Waals surface area (Å²) in [6.45, 7) is 2.65. The molecule has 3 N–H and O–H groups in total. The van der Waals surface area contributed by atoms with Crippen LogP contribution in [0.15, 0.2) is 18.5 Å². The monoisotopic (exact) mass is 273 g/mol. The standard InChI is InChI=1S/C13H15N5O2/c19-12(13-6-14-3-9(13)5-20-7-13)17-10-1-8-2-16-18-11(8)15-4-10/h1-2,4,9,14H,3,5-7H2,(H,17,19)(H,15,16,18)/t9-,13-/m0/s1. The maximum Gasteiger partial charge on any atom is 0.234 e. The second-order valence-corrected chi connectivity index (χ2v) is 5.49. The fourth-order valence-electron chi connectivity index (χ4n) is 3.07. The summed E-state index contributed by atoms with van der Waals surface area (Å²) in [6, 6.07) is 1.87. The van der Waals surface area contributed by atoms with Gasteiger partial charge in [0.15, 0.2) is 5.65 Å². The molecule has 1 amide bonds. The van der Waals surface area contributed by atoms with Crippen LogP contribution in [0.2, 0.25) is 0 Å². The van der Waals surface area contributed by atoms with Crippen molar-refractivity contribution in [2.45, 2.75) is 0 Å². The van der Waals surface area contributed by atoms with Gasteiger partial charge in [-0.2, -0.15) is 5.10 Å². The first-order valence-electron chi connectivity index (χ1n) is 6.67. The summed E-state index contributed by atoms with van der Waals surface area (Å²) in [7, 11) is 0. The number of anilines is 1. The molecule has 2 aromatic rings. The molecule has 0 spiro atoms. The van der Waals surface area contributed by atoms with Gasteiger partial charge < -0.3 is 15.4 Å². The van der Waals surface area contributed by atoms with Crippen LogP contribution in [0.5, 0.6) is 0 Å². The lowest BCUT2D eigenvalue weighted by Gasteiger charge is -2.24. The fraction of sp³-hybridized carbons (Fsp3) is 0.462. The van der Waals surface area contributed by atoms with Crippen LogP contribution in [0.25, 0.3) is 11.0 Å². The summed E-state index contributed by atoms with van der Waals surface area (Å²) in [5, 5.41) is 13.8. The Labute approximate surface area is 115 Å². The zero-order valence-electron chi connectivity index (χ0n) is 10.8. The molecule has 2 fully saturated rings. The highest BCUT2D eigenvalue weighted by Crippen LogP contribution is 2.38. The maximum atomic E-state index is 12.6. The van der Waals surface area contributed by atoms with Crippen molar-refractivity contribution in [1.82, 2.24) is 20.5 Å². The van der Waals surface area contributed by atoms with Crippen LogP contribution < -0.4 is 10.6 Å². The number of ether oxygens (including phenoxy) is 1. The lowest BCUT2D eigenvalue weighted by molar-refractivity contribution is -0.125. The molecule has 0 radical (unpaired) electrons. The second-order valence-electron chi connectivity index (χ2n) is 5.49. The van der Waals surface area contributed by atoms with Crippen molar-refractivity contribution in [3.8, 4) is 0 Å². The minimum Gasteiger partial charge on any atom is -0.380 e. The van der Waals surface area contributed by atoms with Crippen LogP contribution in [-0.4, -0.2) is 47.4 Å². The first-order valence-corrected chi connectivity index (χ1v) is 6.67. The Bertz CT molecular complexity index is 658. The molecule has 2 atom stereocenters. The Kier molecular flexibility index (Phi) is 2.51. The quantitative estimate of drug-likeness (QED) is 0.723. The van der Waals surface area contributed by atoms with Crippen LogP contribution >= 0.6 is 0 Å². The van der Waals surface area contributed by atoms with E-state index in [1.54, 1.807) is 12.4 Å². The lowest BCUT2D eigenvalue weighted by atomic mass is 9.80. The summed E-state index contributed by atoms with van der Waals surface area (Å²) in [5.41, 5.74) is 0.965. The Morgan fingerprint density at radius 2 is 2.45 bits per heavy atom. The molecule has 0 saturated carbocycles. The summed E-state index contributed by atoms with van der Waals surface area (Å²) in [4.78, 5) is 16.8. The normalized spacial score (nSPS) is 28.7. The number of carbonyl (C=O) groups excluding carboxylic acids is 1. The van der Waals surface area contributed by atoms with Crippen molar-refractivity contribution in [2.24, 2.45) is 11.3 Å². The van der Waals surface area contributed by atoms with E-state index in [2.05, 4.69) is 25.8 Å². The molecule has 2 aromatic heterocycles. The topological polar surface area (TPSA) is 91.9 Å². The molecule has 0 aromatic carbocycles. The Balaban J connectivity index is 1.60. The highest BCUT2D eigenvalue weighted by molar-refractivity contribution is 5.97. The molecule has 2 saturated heterocycles. The highest BCUT2D eigenvalue weighted by Gasteiger charge is 2.53. The number of nitrogens with zero attached hydrogens (tertiary/aromatic N) is 2. The number of carbonyl (C=O) groups is 1. The summed E-state index contributed by atoms with van der Waals surface area (Å²) >= 11 is 0. The van der Waals surface area contributed by atoms with E-state index in [1.807, 2.05) is 6.07 Å². The highest BCUT2D eigenvalue weighted by atomic mass is 16.5. The number of H-pyrrole nitrogens is 1. The number of aromatic amines is 1. The first-order chi connectivity index (χ1) is 9.78. The molecule has 4 heterocycles. The lowest BCUT2D eigenvalue weighted by Crippen LogP contribution is -2.42. The number of hydrogen-bond donors (Lipinski definition) is 3. The van der Waals surface area contributed by atoms with Crippen molar-refractivity contribution in [1.29, 1.82) is 0 Å². The molecule has 7 nitrogen and oxygen atoms in total. The number of rotatable bonds is 2. The van der Waals surface area contributed by atoms with Crippen LogP contribution in [0.1, 0.15) is 0 Å². The molecule has 2 aliphatic heterocycles. The molecular formula is C13H15N5O2. The third-order valence-electron chi connectivity index (χ3n) is 4.29. The minimum atomic E-state index is -0.439. The van der Waals surface area contributed by atoms with Crippen molar-refractivity contribution in [3.63, 3.8) is 0 Å². The average molecular weight is 273 g/mol. The number of aromatic nitrogens is 3. The fourth-order valence-corrected chi connectivity index (χ4v) is 3.07. The molecule has 4 rings (SSSR count). The van der Waals surface area contributed by atoms with Gasteiger partial charge in [-0.15, -0.1) is 0 Å². The van der Waals surface area contributed by atoms with Crippen molar-refractivity contribution >= 4 is 22.6 Å². The van der Waals surface area contributed by atoms with E-state index in [0.29, 0.717) is 31.1 Å². The largest absolute Gasteiger partial charge is 0.380 e. The SMILES string of the molecule is O=C(Nc1cnc2[nH]ncc2c1)[C@]12CNC[C@H]1COC2. The van der Waals surface area contributed by atoms with E-state index in [0.717, 1.165) is 11.9 Å². The molecule has 7 heteroatoms. The number of hydrogen-bond acceptors (Lipinski definition) is 5. The predicted octanol–water partition coefficient (Wildman–Crippen LogP) is 0.132. The van der Waals surface area contributed by atoms with Gasteiger partial charge in [-0.1, -0.05) is 0 Å². The molecule has 104 valence electrons. The summed E-state index contributed by atoms with van der Waals surface area (Å²) < 4.78 is 5.50. The van der Waals surface area contributed by atoms with Gasteiger partial charge >= 0.3 is 0 Å². The van der Waals surface area contributed by atoms with Crippen LogP contribution in [0.3, 0.4) is 0 Å². The Morgan fingerprint density at radius 1 is 1.50 bits per heavy atom. The van der Waals surface area contributed by atoms with Crippen LogP contribution in [-0.2, 0) is 9.53 Å². The van der Waals surface area contributed by atoms with Crippen molar-refractivity contribution < 1.29 is 9.53 Å². The van der Waals surface area contributed by atoms with E-state index in [9.17, 15) is 4.79 Å². The van der Waals surface area contributed by atoms with Crippen LogP contribution in [0.4, 0.5) is 5.69 Å². The second kappa shape index (κ2) is 4.26. The van der Waals surface area contributed by atoms with E-state index in [4.69, 9.17) is 4.74 Å². The van der Waals surface area contributed by atoms with E-state index >= 15 is 0 Å². The van der Waals surface area contributed by atoms with Gasteiger partial charge in [0.1, 0.15) is 0 Å². The smallest absolute Gasteiger partial charge is 0.234 e. The number of amides is 1. The Morgan fingerprint density at radius 3 is 3.40 bits per heavy atom. The first kappa shape index (κ1) is 11.8. The van der Waals surface area contributed by atoms with E-state index in [-0.39, 0.29) is 11.8 Å². The zero-order valence-corrected chi connectivity index (χ0v) is 10.8. The third kappa shape index (κ3) is 1.63. The van der Waals surface area contributed by atoms with Gasteiger partial charge in [0.05, 0.1) is 36.7 Å². The van der Waals surface area contributed by atoms with E-state index < -0.39 is 5.41 Å². The number of fused-ring (bicyclic) bond motifs is 2. The molecular weight excluding hydrogens is 258 g/mol. The number of pyridine rings is 1. The average Bonchev–Trinajstić information content (AvgIpc) is 3.12. The Hall–Kier alpha value is -1.99. The van der Waals surface area contributed by atoms with Gasteiger partial charge in [-0.25, -0.2) is 4.98 Å². The molecule has 0 bridgehead atoms. The summed E-state index contributed by atoms with van der Waals surface area (Å²) in [6.07, 6.45) is 3.33. The van der Waals surface area contributed by atoms with Gasteiger partial charge in [0.25, 0.3) is 0 Å². The van der Waals surface area contributed by atoms with Gasteiger partial charge in [0, 0.05) is 24.4 Å². The van der Waals surface area contributed by atoms with Gasteiger partial charge in [0.2, 0.25) is 5.91 Å². The van der Waals surface area contributed by atoms with Crippen molar-refractivity contribution in [2.75, 3.05) is 31.6 Å². The third-order valence-corrected chi connectivity index (χ3v) is 4.29. The molecule has 0 aliphatic carbocycles. The zero-order chi connectivity index (χ0) is 13.6. The van der Waals surface area contributed by atoms with Crippen molar-refractivity contribution in [3.05, 3.63) is 18.5 Å². The van der Waals surface area contributed by atoms with E-state index in [1.165, 1.54) is 0 Å². The minimum absolute atomic E-state index is 0.00893. The molecule has 0 unspecified atom stereocenters. The van der Waals surface area contributed by atoms with Gasteiger partial charge in [-0.05, 0) is 6.07 Å². The summed E-state index contributed by atoms with van der Waals surface area (Å²) in [5.74, 6) is 0.266. The maximum absolute atomic E-state index is 12.6. The molecule has 2 aliphatic rings. The predicted molar refractivity (Wildman–Crippen MR) is 72.1 cm³/mol. The number of nitrogens with one attached hydrogen (secondary N) is 3.